The van der Waals surface area contributed by atoms with Crippen molar-refractivity contribution in [2.75, 3.05) is 13.3 Å². The average Bonchev–Trinajstić information content (AvgIpc) is 2.56. The van der Waals surface area contributed by atoms with E-state index < -0.39 is 0 Å². The Bertz CT molecular complexity index is 268. The van der Waals surface area contributed by atoms with Crippen LogP contribution in [0.1, 0.15) is 110 Å². The van der Waals surface area contributed by atoms with Crippen LogP contribution in [0.15, 0.2) is 0 Å². The Labute approximate surface area is 168 Å². The quantitative estimate of drug-likeness (QED) is 0.149. The van der Waals surface area contributed by atoms with Gasteiger partial charge < -0.3 is 15.8 Å². The van der Waals surface area contributed by atoms with Gasteiger partial charge in [0.05, 0.1) is 0 Å². The maximum absolute atomic E-state index is 5.38. The van der Waals surface area contributed by atoms with E-state index in [0.717, 1.165) is 13.0 Å². The molecule has 0 rings (SSSR count). The predicted octanol–water partition coefficient (Wildman–Crippen LogP) is 6.48. The van der Waals surface area contributed by atoms with Crippen molar-refractivity contribution in [2.24, 2.45) is 5.73 Å². The molecule has 0 saturated heterocycles. The molecule has 0 heterocycles. The van der Waals surface area contributed by atoms with Gasteiger partial charge in [-0.05, 0) is 18.6 Å². The van der Waals surface area contributed by atoms with E-state index in [1.165, 1.54) is 96.3 Å². The first-order chi connectivity index (χ1) is 11.8. The summed E-state index contributed by atoms with van der Waals surface area (Å²) in [5.74, 6) is 0. The highest BCUT2D eigenvalue weighted by Gasteiger charge is 1.95. The highest BCUT2D eigenvalue weighted by Crippen LogP contribution is 2.13. The van der Waals surface area contributed by atoms with Crippen molar-refractivity contribution in [2.45, 2.75) is 110 Å². The molecule has 0 fully saturated rings. The summed E-state index contributed by atoms with van der Waals surface area (Å²) < 4.78 is 5.38. The summed E-state index contributed by atoms with van der Waals surface area (Å²) in [5.41, 5.74) is 5.31. The lowest BCUT2D eigenvalue weighted by Gasteiger charge is -2.06. The minimum atomic E-state index is 0. The summed E-state index contributed by atoms with van der Waals surface area (Å²) >= 11 is 4.70. The second kappa shape index (κ2) is 23.9. The Kier molecular flexibility index (Phi) is 26.0. The van der Waals surface area contributed by atoms with Gasteiger partial charge in [-0.25, -0.2) is 0 Å². The van der Waals surface area contributed by atoms with Crippen molar-refractivity contribution in [3.8, 4) is 0 Å². The molecule has 0 bridgehead atoms. The van der Waals surface area contributed by atoms with Gasteiger partial charge in [0.15, 0.2) is 5.11 Å². The van der Waals surface area contributed by atoms with Crippen molar-refractivity contribution < 1.29 is 4.74 Å². The molecular formula is C20H43ClN2OS. The van der Waals surface area contributed by atoms with Gasteiger partial charge in [0.2, 0.25) is 0 Å². The maximum Gasteiger partial charge on any atom is 0.165 e. The van der Waals surface area contributed by atoms with Crippen LogP contribution < -0.4 is 11.1 Å². The number of nitrogens with two attached hydrogens (primary N) is 1. The molecule has 0 aromatic carbocycles. The van der Waals surface area contributed by atoms with Gasteiger partial charge in [-0.3, -0.25) is 0 Å². The Morgan fingerprint density at radius 2 is 1.08 bits per heavy atom. The van der Waals surface area contributed by atoms with Crippen LogP contribution in [-0.2, 0) is 4.74 Å². The van der Waals surface area contributed by atoms with E-state index in [-0.39, 0.29) is 12.4 Å². The van der Waals surface area contributed by atoms with Crippen LogP contribution in [0.3, 0.4) is 0 Å². The van der Waals surface area contributed by atoms with E-state index in [1.54, 1.807) is 0 Å². The highest BCUT2D eigenvalue weighted by molar-refractivity contribution is 7.80. The van der Waals surface area contributed by atoms with Crippen molar-refractivity contribution in [3.05, 3.63) is 0 Å². The summed E-state index contributed by atoms with van der Waals surface area (Å²) in [4.78, 5) is 0. The Morgan fingerprint density at radius 3 is 1.44 bits per heavy atom. The van der Waals surface area contributed by atoms with Crippen LogP contribution in [-0.4, -0.2) is 18.5 Å². The van der Waals surface area contributed by atoms with Crippen LogP contribution in [0.5, 0.6) is 0 Å². The normalized spacial score (nSPS) is 10.4. The molecule has 0 aliphatic heterocycles. The third-order valence-corrected chi connectivity index (χ3v) is 4.64. The number of ether oxygens (including phenoxy) is 1. The first-order valence-corrected chi connectivity index (χ1v) is 10.8. The van der Waals surface area contributed by atoms with Crippen LogP contribution in [0.2, 0.25) is 0 Å². The first-order valence-electron chi connectivity index (χ1n) is 10.4. The van der Waals surface area contributed by atoms with E-state index in [0.29, 0.717) is 11.8 Å². The zero-order chi connectivity index (χ0) is 17.7. The van der Waals surface area contributed by atoms with Crippen LogP contribution in [0.4, 0.5) is 0 Å². The molecule has 5 heteroatoms. The number of unbranched alkanes of at least 4 members (excludes halogenated alkanes) is 15. The molecule has 0 aromatic heterocycles. The molecular weight excluding hydrogens is 352 g/mol. The summed E-state index contributed by atoms with van der Waals surface area (Å²) in [6, 6.07) is 0. The second-order valence-corrected chi connectivity index (χ2v) is 7.34. The number of thiocarbonyl (C=S) groups is 1. The van der Waals surface area contributed by atoms with E-state index in [1.807, 2.05) is 0 Å². The Morgan fingerprint density at radius 1 is 0.720 bits per heavy atom. The number of hydrogen-bond donors (Lipinski definition) is 2. The molecule has 0 unspecified atom stereocenters. The fraction of sp³-hybridized carbons (Fsp3) is 0.950. The van der Waals surface area contributed by atoms with Crippen molar-refractivity contribution in [3.63, 3.8) is 0 Å². The minimum Gasteiger partial charge on any atom is -0.376 e. The van der Waals surface area contributed by atoms with Gasteiger partial charge in [-0.2, -0.15) is 0 Å². The van der Waals surface area contributed by atoms with E-state index in [4.69, 9.17) is 22.7 Å². The smallest absolute Gasteiger partial charge is 0.165 e. The van der Waals surface area contributed by atoms with Gasteiger partial charge in [0.1, 0.15) is 6.73 Å². The molecule has 0 amide bonds. The standard InChI is InChI=1S/C20H42N2OS.ClH/c1-2-3-4-5-6-7-8-9-10-11-12-13-14-15-16-17-18-23-19-22-20(21)24;/h2-19H2,1H3,(H3,21,22,24);1H. The predicted molar refractivity (Wildman–Crippen MR) is 118 cm³/mol. The number of rotatable bonds is 19. The van der Waals surface area contributed by atoms with Gasteiger partial charge in [0.25, 0.3) is 0 Å². The van der Waals surface area contributed by atoms with Crippen LogP contribution in [0.25, 0.3) is 0 Å². The van der Waals surface area contributed by atoms with Crippen LogP contribution in [0, 0.1) is 0 Å². The minimum absolute atomic E-state index is 0. The number of nitrogens with one attached hydrogen (secondary N) is 1. The Hall–Kier alpha value is -0.0600. The van der Waals surface area contributed by atoms with Crippen molar-refractivity contribution >= 4 is 29.7 Å². The van der Waals surface area contributed by atoms with E-state index in [9.17, 15) is 0 Å². The fourth-order valence-electron chi connectivity index (χ4n) is 2.95. The summed E-state index contributed by atoms with van der Waals surface area (Å²) in [6.45, 7) is 3.52. The molecule has 0 aliphatic carbocycles. The average molecular weight is 395 g/mol. The Balaban J connectivity index is 0. The van der Waals surface area contributed by atoms with Gasteiger partial charge >= 0.3 is 0 Å². The number of halogens is 1. The third kappa shape index (κ3) is 26.3. The maximum atomic E-state index is 5.38. The largest absolute Gasteiger partial charge is 0.376 e. The SMILES string of the molecule is CCCCCCCCCCCCCCCCCCOCNC(N)=S.Cl. The van der Waals surface area contributed by atoms with Crippen LogP contribution >= 0.6 is 24.6 Å². The lowest BCUT2D eigenvalue weighted by molar-refractivity contribution is 0.125. The number of hydrogen-bond acceptors (Lipinski definition) is 2. The molecule has 0 spiro atoms. The zero-order valence-electron chi connectivity index (χ0n) is 16.5. The summed E-state index contributed by atoms with van der Waals surface area (Å²) in [7, 11) is 0. The van der Waals surface area contributed by atoms with Gasteiger partial charge in [0, 0.05) is 6.61 Å². The molecule has 0 aliphatic rings. The zero-order valence-corrected chi connectivity index (χ0v) is 18.2. The van der Waals surface area contributed by atoms with E-state index in [2.05, 4.69) is 12.2 Å². The third-order valence-electron chi connectivity index (χ3n) is 4.49. The molecule has 3 N–H and O–H groups in total. The monoisotopic (exact) mass is 394 g/mol. The lowest BCUT2D eigenvalue weighted by Crippen LogP contribution is -2.31. The highest BCUT2D eigenvalue weighted by atomic mass is 35.5. The summed E-state index contributed by atoms with van der Waals surface area (Å²) in [6.07, 6.45) is 22.3. The molecule has 0 saturated carbocycles. The molecule has 0 radical (unpaired) electrons. The fourth-order valence-corrected chi connectivity index (χ4v) is 3.01. The second-order valence-electron chi connectivity index (χ2n) is 6.90. The molecule has 25 heavy (non-hydrogen) atoms. The first kappa shape index (κ1) is 27.2. The molecule has 3 nitrogen and oxygen atoms in total. The summed E-state index contributed by atoms with van der Waals surface area (Å²) in [5, 5.41) is 3.09. The van der Waals surface area contributed by atoms with Crippen molar-refractivity contribution in [1.82, 2.24) is 5.32 Å². The molecule has 0 atom stereocenters. The molecule has 152 valence electrons. The van der Waals surface area contributed by atoms with Gasteiger partial charge in [-0.15, -0.1) is 12.4 Å². The lowest BCUT2D eigenvalue weighted by atomic mass is 10.0. The topological polar surface area (TPSA) is 47.3 Å². The van der Waals surface area contributed by atoms with Crippen molar-refractivity contribution in [1.29, 1.82) is 0 Å². The molecule has 0 aromatic rings. The van der Waals surface area contributed by atoms with Gasteiger partial charge in [-0.1, -0.05) is 103 Å². The van der Waals surface area contributed by atoms with E-state index >= 15 is 0 Å².